The molecule has 0 saturated carbocycles. The molecule has 120 valence electrons. The molecule has 0 aromatic heterocycles. The molecule has 20 heavy (non-hydrogen) atoms. The van der Waals surface area contributed by atoms with Crippen LogP contribution in [0.3, 0.4) is 0 Å². The van der Waals surface area contributed by atoms with Gasteiger partial charge in [0.25, 0.3) is 0 Å². The topological polar surface area (TPSA) is 47.9 Å². The summed E-state index contributed by atoms with van der Waals surface area (Å²) >= 11 is 0. The van der Waals surface area contributed by atoms with Crippen LogP contribution >= 0.6 is 0 Å². The van der Waals surface area contributed by atoms with E-state index in [1.165, 1.54) is 12.8 Å². The lowest BCUT2D eigenvalue weighted by atomic mass is 10.1. The van der Waals surface area contributed by atoms with Gasteiger partial charge in [0.2, 0.25) is 0 Å². The summed E-state index contributed by atoms with van der Waals surface area (Å²) < 4.78 is 17.4. The monoisotopic (exact) mass is 304 g/mol. The van der Waals surface area contributed by atoms with Crippen LogP contribution in [0, 0.1) is 0 Å². The van der Waals surface area contributed by atoms with E-state index in [0.717, 1.165) is 38.0 Å². The minimum Gasteiger partial charge on any atom is -0.516 e. The standard InChI is InChI=1S/C11H24O3Si.C4H8O/c1-5-8-11(12-2)9-6-7-10-15(11,13-3)14-4;1-2-3-4-5/h5-10H2,1-4H3;3-5H,2H2,1H3. The normalized spacial score (nSPS) is 25.2. The van der Waals surface area contributed by atoms with Crippen LogP contribution < -0.4 is 0 Å². The lowest BCUT2D eigenvalue weighted by Crippen LogP contribution is -2.64. The van der Waals surface area contributed by atoms with Crippen molar-refractivity contribution < 1.29 is 18.7 Å². The Hall–Kier alpha value is -0.363. The summed E-state index contributed by atoms with van der Waals surface area (Å²) in [6.45, 7) is 4.16. The highest BCUT2D eigenvalue weighted by molar-refractivity contribution is 6.70. The van der Waals surface area contributed by atoms with Gasteiger partial charge < -0.3 is 18.7 Å². The Morgan fingerprint density at radius 3 is 2.15 bits per heavy atom. The van der Waals surface area contributed by atoms with Crippen molar-refractivity contribution in [2.24, 2.45) is 0 Å². The number of methoxy groups -OCH3 is 1. The first kappa shape index (κ1) is 19.6. The Balaban J connectivity index is 0.000000621. The summed E-state index contributed by atoms with van der Waals surface area (Å²) in [5.74, 6) is 0. The Bertz CT molecular complexity index is 263. The van der Waals surface area contributed by atoms with Crippen LogP contribution in [0.4, 0.5) is 0 Å². The van der Waals surface area contributed by atoms with Crippen molar-refractivity contribution in [2.45, 2.75) is 63.6 Å². The van der Waals surface area contributed by atoms with Crippen LogP contribution in [-0.4, -0.2) is 40.2 Å². The molecule has 0 aromatic rings. The fourth-order valence-corrected chi connectivity index (χ4v) is 7.02. The third-order valence-electron chi connectivity index (χ3n) is 4.08. The van der Waals surface area contributed by atoms with E-state index in [2.05, 4.69) is 6.92 Å². The first-order valence-corrected chi connectivity index (χ1v) is 9.59. The highest BCUT2D eigenvalue weighted by atomic mass is 28.4. The molecule has 5 heteroatoms. The minimum absolute atomic E-state index is 0.122. The first-order valence-electron chi connectivity index (χ1n) is 7.56. The Kier molecular flexibility index (Phi) is 10.2. The molecule has 1 aliphatic heterocycles. The second kappa shape index (κ2) is 10.4. The zero-order valence-electron chi connectivity index (χ0n) is 13.8. The molecule has 0 amide bonds. The summed E-state index contributed by atoms with van der Waals surface area (Å²) in [5, 5.41) is 7.76. The van der Waals surface area contributed by atoms with E-state index in [9.17, 15) is 0 Å². The smallest absolute Gasteiger partial charge is 0.370 e. The third kappa shape index (κ3) is 4.58. The molecular weight excluding hydrogens is 272 g/mol. The molecule has 1 atom stereocenters. The first-order chi connectivity index (χ1) is 9.61. The average molecular weight is 305 g/mol. The lowest BCUT2D eigenvalue weighted by molar-refractivity contribution is -0.0149. The molecule has 1 unspecified atom stereocenters. The van der Waals surface area contributed by atoms with Crippen molar-refractivity contribution in [2.75, 3.05) is 21.3 Å². The number of aliphatic hydroxyl groups excluding tert-OH is 1. The molecule has 1 N–H and O–H groups in total. The van der Waals surface area contributed by atoms with E-state index >= 15 is 0 Å². The van der Waals surface area contributed by atoms with E-state index in [1.807, 2.05) is 6.92 Å². The van der Waals surface area contributed by atoms with Gasteiger partial charge in [0.05, 0.1) is 6.26 Å². The number of hydrogen-bond acceptors (Lipinski definition) is 4. The van der Waals surface area contributed by atoms with Crippen molar-refractivity contribution in [1.29, 1.82) is 0 Å². The van der Waals surface area contributed by atoms with Crippen molar-refractivity contribution >= 4 is 8.56 Å². The van der Waals surface area contributed by atoms with E-state index in [-0.39, 0.29) is 5.22 Å². The largest absolute Gasteiger partial charge is 0.516 e. The maximum atomic E-state index is 7.89. The number of rotatable bonds is 6. The van der Waals surface area contributed by atoms with Crippen LogP contribution in [0.15, 0.2) is 12.3 Å². The molecule has 0 bridgehead atoms. The van der Waals surface area contributed by atoms with Crippen molar-refractivity contribution in [3.8, 4) is 0 Å². The molecule has 0 aliphatic carbocycles. The summed E-state index contributed by atoms with van der Waals surface area (Å²) in [6, 6.07) is 1.06. The molecule has 1 saturated heterocycles. The van der Waals surface area contributed by atoms with E-state index in [0.29, 0.717) is 0 Å². The Morgan fingerprint density at radius 2 is 1.80 bits per heavy atom. The van der Waals surface area contributed by atoms with Gasteiger partial charge in [-0.2, -0.15) is 0 Å². The zero-order valence-corrected chi connectivity index (χ0v) is 14.8. The maximum absolute atomic E-state index is 7.89. The molecule has 0 spiro atoms. The number of aliphatic hydroxyl groups is 1. The van der Waals surface area contributed by atoms with Gasteiger partial charge in [-0.25, -0.2) is 0 Å². The van der Waals surface area contributed by atoms with Crippen LogP contribution in [0.25, 0.3) is 0 Å². The molecular formula is C15H32O4Si. The Morgan fingerprint density at radius 1 is 1.15 bits per heavy atom. The molecule has 1 fully saturated rings. The van der Waals surface area contributed by atoms with Gasteiger partial charge in [-0.15, -0.1) is 0 Å². The fraction of sp³-hybridized carbons (Fsp3) is 0.867. The lowest BCUT2D eigenvalue weighted by Gasteiger charge is -2.47. The zero-order chi connectivity index (χ0) is 15.5. The van der Waals surface area contributed by atoms with Crippen LogP contribution in [0.5, 0.6) is 0 Å². The SMILES string of the molecule is CCC=CO.CCCC1(OC)CCCC[Si]1(OC)OC. The molecule has 1 aliphatic rings. The van der Waals surface area contributed by atoms with Gasteiger partial charge in [-0.1, -0.05) is 39.2 Å². The van der Waals surface area contributed by atoms with E-state index < -0.39 is 8.56 Å². The summed E-state index contributed by atoms with van der Waals surface area (Å²) in [7, 11) is 3.22. The minimum atomic E-state index is -2.15. The second-order valence-corrected chi connectivity index (χ2v) is 8.84. The summed E-state index contributed by atoms with van der Waals surface area (Å²) in [4.78, 5) is 0. The Labute approximate surface area is 125 Å². The van der Waals surface area contributed by atoms with Gasteiger partial charge in [0, 0.05) is 21.3 Å². The predicted molar refractivity (Wildman–Crippen MR) is 85.1 cm³/mol. The predicted octanol–water partition coefficient (Wildman–Crippen LogP) is 4.10. The number of hydrogen-bond donors (Lipinski definition) is 1. The number of ether oxygens (including phenoxy) is 1. The van der Waals surface area contributed by atoms with Crippen molar-refractivity contribution in [1.82, 2.24) is 0 Å². The van der Waals surface area contributed by atoms with Crippen molar-refractivity contribution in [3.05, 3.63) is 12.3 Å². The molecule has 4 nitrogen and oxygen atoms in total. The molecule has 1 rings (SSSR count). The fourth-order valence-electron chi connectivity index (χ4n) is 3.03. The van der Waals surface area contributed by atoms with E-state index in [4.69, 9.17) is 18.7 Å². The van der Waals surface area contributed by atoms with Gasteiger partial charge in [-0.3, -0.25) is 0 Å². The van der Waals surface area contributed by atoms with Gasteiger partial charge in [0.1, 0.15) is 5.22 Å². The highest BCUT2D eigenvalue weighted by Crippen LogP contribution is 2.42. The summed E-state index contributed by atoms with van der Waals surface area (Å²) in [6.07, 6.45) is 9.35. The molecule has 0 radical (unpaired) electrons. The van der Waals surface area contributed by atoms with Gasteiger partial charge in [0.15, 0.2) is 0 Å². The molecule has 1 heterocycles. The maximum Gasteiger partial charge on any atom is 0.370 e. The average Bonchev–Trinajstić information content (AvgIpc) is 2.49. The third-order valence-corrected chi connectivity index (χ3v) is 8.50. The van der Waals surface area contributed by atoms with Crippen LogP contribution in [0.2, 0.25) is 6.04 Å². The van der Waals surface area contributed by atoms with Gasteiger partial charge >= 0.3 is 8.56 Å². The van der Waals surface area contributed by atoms with E-state index in [1.54, 1.807) is 27.4 Å². The molecule has 0 aromatic carbocycles. The second-order valence-electron chi connectivity index (χ2n) is 5.11. The number of allylic oxidation sites excluding steroid dienone is 1. The summed E-state index contributed by atoms with van der Waals surface area (Å²) in [5.41, 5.74) is 0. The quantitative estimate of drug-likeness (QED) is 0.593. The van der Waals surface area contributed by atoms with Crippen LogP contribution in [-0.2, 0) is 13.6 Å². The highest BCUT2D eigenvalue weighted by Gasteiger charge is 2.58. The van der Waals surface area contributed by atoms with Crippen LogP contribution in [0.1, 0.15) is 52.4 Å². The van der Waals surface area contributed by atoms with Gasteiger partial charge in [-0.05, 0) is 25.3 Å². The van der Waals surface area contributed by atoms with Crippen molar-refractivity contribution in [3.63, 3.8) is 0 Å².